The molecular weight excluding hydrogens is 414 g/mol. The van der Waals surface area contributed by atoms with Crippen molar-refractivity contribution in [2.75, 3.05) is 6.61 Å². The van der Waals surface area contributed by atoms with Gasteiger partial charge in [0, 0.05) is 0 Å². The van der Waals surface area contributed by atoms with E-state index < -0.39 is 5.91 Å². The number of hydrogen-bond donors (Lipinski definition) is 3. The number of carbonyl (C=O) groups is 2. The summed E-state index contributed by atoms with van der Waals surface area (Å²) < 4.78 is 6.16. The number of rotatable bonds is 4. The van der Waals surface area contributed by atoms with Crippen molar-refractivity contribution in [3.05, 3.63) is 50.6 Å². The third-order valence-electron chi connectivity index (χ3n) is 2.73. The lowest BCUT2D eigenvalue weighted by Gasteiger charge is -2.11. The maximum atomic E-state index is 11.8. The Hall–Kier alpha value is -1.97. The zero-order chi connectivity index (χ0) is 17.5. The molecule has 0 saturated heterocycles. The molecule has 1 heterocycles. The first kappa shape index (κ1) is 18.4. The molecule has 0 atom stereocenters. The number of ether oxygens (including phenoxy) is 1. The molecule has 0 aliphatic carbocycles. The predicted molar refractivity (Wildman–Crippen MR) is 100 cm³/mol. The number of hydrogen-bond acceptors (Lipinski definition) is 5. The average Bonchev–Trinajstić information content (AvgIpc) is 3.06. The van der Waals surface area contributed by atoms with Gasteiger partial charge >= 0.3 is 0 Å². The first-order valence-corrected chi connectivity index (χ1v) is 8.86. The van der Waals surface area contributed by atoms with E-state index in [1.807, 2.05) is 19.1 Å². The van der Waals surface area contributed by atoms with Crippen LogP contribution >= 0.6 is 39.5 Å². The van der Waals surface area contributed by atoms with Gasteiger partial charge in [-0.25, -0.2) is 0 Å². The fourth-order valence-corrected chi connectivity index (χ4v) is 3.00. The second kappa shape index (κ2) is 8.76. The van der Waals surface area contributed by atoms with E-state index in [-0.39, 0.29) is 17.6 Å². The normalized spacial score (nSPS) is 9.92. The van der Waals surface area contributed by atoms with Gasteiger partial charge < -0.3 is 4.74 Å². The zero-order valence-corrected chi connectivity index (χ0v) is 15.8. The summed E-state index contributed by atoms with van der Waals surface area (Å²) in [6.07, 6.45) is 0. The monoisotopic (exact) mass is 427 g/mol. The first-order valence-electron chi connectivity index (χ1n) is 6.78. The van der Waals surface area contributed by atoms with Gasteiger partial charge in [0.2, 0.25) is 0 Å². The van der Waals surface area contributed by atoms with Crippen LogP contribution in [0.3, 0.4) is 0 Å². The molecule has 0 unspecified atom stereocenters. The number of aryl methyl sites for hydroxylation is 1. The van der Waals surface area contributed by atoms with Crippen LogP contribution in [0.2, 0.25) is 0 Å². The van der Waals surface area contributed by atoms with Gasteiger partial charge in [-0.3, -0.25) is 25.8 Å². The van der Waals surface area contributed by atoms with E-state index in [1.54, 1.807) is 23.6 Å². The van der Waals surface area contributed by atoms with Crippen LogP contribution in [0.15, 0.2) is 40.2 Å². The molecule has 24 heavy (non-hydrogen) atoms. The molecule has 9 heteroatoms. The lowest BCUT2D eigenvalue weighted by Crippen LogP contribution is -2.49. The highest BCUT2D eigenvalue weighted by Crippen LogP contribution is 2.25. The highest BCUT2D eigenvalue weighted by molar-refractivity contribution is 9.10. The van der Waals surface area contributed by atoms with Crippen molar-refractivity contribution >= 4 is 56.4 Å². The van der Waals surface area contributed by atoms with Crippen molar-refractivity contribution in [2.24, 2.45) is 0 Å². The topological polar surface area (TPSA) is 79.5 Å². The highest BCUT2D eigenvalue weighted by atomic mass is 79.9. The number of thiocarbonyl (C=S) groups is 1. The van der Waals surface area contributed by atoms with Crippen LogP contribution < -0.4 is 20.9 Å². The number of nitrogens with one attached hydrogen (secondary N) is 3. The SMILES string of the molecule is Cc1ccc(OCC(=O)NNC(=S)NC(=O)c2cccs2)c(Br)c1. The van der Waals surface area contributed by atoms with Gasteiger partial charge in [0.05, 0.1) is 9.35 Å². The number of thiophene rings is 1. The van der Waals surface area contributed by atoms with E-state index in [9.17, 15) is 9.59 Å². The number of benzene rings is 1. The molecule has 0 radical (unpaired) electrons. The molecule has 0 bridgehead atoms. The average molecular weight is 428 g/mol. The van der Waals surface area contributed by atoms with Crippen LogP contribution in [0.25, 0.3) is 0 Å². The molecule has 2 amide bonds. The molecule has 0 aliphatic rings. The summed E-state index contributed by atoms with van der Waals surface area (Å²) in [5.41, 5.74) is 5.88. The van der Waals surface area contributed by atoms with Crippen molar-refractivity contribution in [1.82, 2.24) is 16.2 Å². The van der Waals surface area contributed by atoms with Gasteiger partial charge in [0.15, 0.2) is 11.7 Å². The van der Waals surface area contributed by atoms with Gasteiger partial charge in [-0.2, -0.15) is 0 Å². The maximum absolute atomic E-state index is 11.8. The van der Waals surface area contributed by atoms with Gasteiger partial charge in [-0.1, -0.05) is 12.1 Å². The third kappa shape index (κ3) is 5.59. The van der Waals surface area contributed by atoms with E-state index in [4.69, 9.17) is 17.0 Å². The molecule has 0 aliphatic heterocycles. The zero-order valence-electron chi connectivity index (χ0n) is 12.6. The summed E-state index contributed by atoms with van der Waals surface area (Å²) in [4.78, 5) is 24.0. The fourth-order valence-electron chi connectivity index (χ4n) is 1.63. The van der Waals surface area contributed by atoms with E-state index >= 15 is 0 Å². The first-order chi connectivity index (χ1) is 11.5. The molecule has 6 nitrogen and oxygen atoms in total. The van der Waals surface area contributed by atoms with Crippen LogP contribution in [0, 0.1) is 6.92 Å². The number of amides is 2. The van der Waals surface area contributed by atoms with Crippen molar-refractivity contribution in [3.8, 4) is 5.75 Å². The van der Waals surface area contributed by atoms with Gasteiger partial charge in [0.1, 0.15) is 5.75 Å². The molecule has 0 fully saturated rings. The van der Waals surface area contributed by atoms with Crippen LogP contribution in [0.5, 0.6) is 5.75 Å². The minimum absolute atomic E-state index is 0.00161. The largest absolute Gasteiger partial charge is 0.483 e. The maximum Gasteiger partial charge on any atom is 0.276 e. The number of halogens is 1. The van der Waals surface area contributed by atoms with Crippen molar-refractivity contribution in [2.45, 2.75) is 6.92 Å². The minimum atomic E-state index is -0.435. The summed E-state index contributed by atoms with van der Waals surface area (Å²) >= 11 is 9.59. The molecule has 1 aromatic carbocycles. The Balaban J connectivity index is 1.72. The number of hydrazine groups is 1. The highest BCUT2D eigenvalue weighted by Gasteiger charge is 2.10. The summed E-state index contributed by atoms with van der Waals surface area (Å²) in [5.74, 6) is -0.212. The Morgan fingerprint density at radius 1 is 1.29 bits per heavy atom. The molecule has 0 saturated carbocycles. The Kier molecular flexibility index (Phi) is 6.71. The summed E-state index contributed by atoms with van der Waals surface area (Å²) in [5, 5.41) is 4.24. The lowest BCUT2D eigenvalue weighted by molar-refractivity contribution is -0.123. The van der Waals surface area contributed by atoms with Crippen molar-refractivity contribution in [1.29, 1.82) is 0 Å². The second-order valence-corrected chi connectivity index (χ2v) is 6.87. The summed E-state index contributed by atoms with van der Waals surface area (Å²) in [6.45, 7) is 1.76. The Labute approximate surface area is 156 Å². The van der Waals surface area contributed by atoms with E-state index in [0.29, 0.717) is 10.6 Å². The van der Waals surface area contributed by atoms with Gasteiger partial charge in [0.25, 0.3) is 11.8 Å². The molecule has 2 aromatic rings. The third-order valence-corrected chi connectivity index (χ3v) is 4.43. The Morgan fingerprint density at radius 2 is 2.08 bits per heavy atom. The lowest BCUT2D eigenvalue weighted by atomic mass is 10.2. The Bertz CT molecular complexity index is 750. The fraction of sp³-hybridized carbons (Fsp3) is 0.133. The smallest absolute Gasteiger partial charge is 0.276 e. The van der Waals surface area contributed by atoms with Crippen LogP contribution in [-0.4, -0.2) is 23.5 Å². The summed E-state index contributed by atoms with van der Waals surface area (Å²) in [7, 11) is 0. The molecule has 0 spiro atoms. The van der Waals surface area contributed by atoms with E-state index in [1.165, 1.54) is 11.3 Å². The molecule has 126 valence electrons. The van der Waals surface area contributed by atoms with E-state index in [2.05, 4.69) is 32.1 Å². The minimum Gasteiger partial charge on any atom is -0.483 e. The second-order valence-electron chi connectivity index (χ2n) is 4.66. The van der Waals surface area contributed by atoms with Gasteiger partial charge in [-0.15, -0.1) is 11.3 Å². The summed E-state index contributed by atoms with van der Waals surface area (Å²) in [6, 6.07) is 8.98. The van der Waals surface area contributed by atoms with Crippen LogP contribution in [0.1, 0.15) is 15.2 Å². The van der Waals surface area contributed by atoms with Crippen molar-refractivity contribution < 1.29 is 14.3 Å². The standard InChI is InChI=1S/C15H14BrN3O3S2/c1-9-4-5-11(10(16)7-9)22-8-13(20)18-19-15(23)17-14(21)12-3-2-6-24-12/h2-7H,8H2,1H3,(H,18,20)(H2,17,19,21,23). The molecule has 3 N–H and O–H groups in total. The Morgan fingerprint density at radius 3 is 2.75 bits per heavy atom. The molecule has 1 aromatic heterocycles. The van der Waals surface area contributed by atoms with Gasteiger partial charge in [-0.05, 0) is 64.2 Å². The molecule has 2 rings (SSSR count). The number of carbonyl (C=O) groups excluding carboxylic acids is 2. The van der Waals surface area contributed by atoms with Crippen LogP contribution in [-0.2, 0) is 4.79 Å². The predicted octanol–water partition coefficient (Wildman–Crippen LogP) is 2.53. The quantitative estimate of drug-likeness (QED) is 0.515. The molecular formula is C15H14BrN3O3S2. The van der Waals surface area contributed by atoms with E-state index in [0.717, 1.165) is 10.0 Å². The van der Waals surface area contributed by atoms with Crippen LogP contribution in [0.4, 0.5) is 0 Å². The van der Waals surface area contributed by atoms with Crippen molar-refractivity contribution in [3.63, 3.8) is 0 Å².